The minimum atomic E-state index is -0.168. The number of ether oxygens (including phenoxy) is 1. The van der Waals surface area contributed by atoms with Gasteiger partial charge in [0.15, 0.2) is 0 Å². The van der Waals surface area contributed by atoms with Gasteiger partial charge in [0.2, 0.25) is 0 Å². The number of rotatable bonds is 5. The number of carbonyl (C=O) groups excluding carboxylic acids is 1. The second kappa shape index (κ2) is 7.68. The van der Waals surface area contributed by atoms with Crippen molar-refractivity contribution in [2.45, 2.75) is 44.6 Å². The molecule has 23 heavy (non-hydrogen) atoms. The Kier molecular flexibility index (Phi) is 5.88. The first-order valence-electron chi connectivity index (χ1n) is 8.37. The van der Waals surface area contributed by atoms with E-state index < -0.39 is 0 Å². The fourth-order valence-corrected chi connectivity index (χ4v) is 3.06. The average Bonchev–Trinajstić information content (AvgIpc) is 2.59. The van der Waals surface area contributed by atoms with Crippen LogP contribution in [0.4, 0.5) is 4.79 Å². The molecule has 2 rings (SSSR count). The van der Waals surface area contributed by atoms with Gasteiger partial charge < -0.3 is 20.7 Å². The third kappa shape index (κ3) is 4.38. The molecule has 2 amide bonds. The Balaban J connectivity index is 1.98. The number of hydrogen-bond donors (Lipinski definition) is 2. The predicted octanol–water partition coefficient (Wildman–Crippen LogP) is 2.50. The van der Waals surface area contributed by atoms with Crippen LogP contribution >= 0.6 is 0 Å². The molecule has 1 unspecified atom stereocenters. The summed E-state index contributed by atoms with van der Waals surface area (Å²) >= 11 is 0. The standard InChI is InChI=1S/C18H29N3O2/c1-18(2,14-7-6-9-16(11-14)23-3)13-20-17(22)21-10-5-4-8-15(21)12-19/h6-7,9,11,15H,4-5,8,10,12-13,19H2,1-3H3,(H,20,22). The molecule has 1 aromatic carbocycles. The fraction of sp³-hybridized carbons (Fsp3) is 0.611. The molecule has 5 heteroatoms. The number of nitrogens with two attached hydrogens (primary N) is 1. The lowest BCUT2D eigenvalue weighted by Crippen LogP contribution is -2.53. The molecule has 1 heterocycles. The van der Waals surface area contributed by atoms with E-state index in [9.17, 15) is 4.79 Å². The Morgan fingerprint density at radius 2 is 2.22 bits per heavy atom. The van der Waals surface area contributed by atoms with Crippen molar-refractivity contribution in [1.82, 2.24) is 10.2 Å². The van der Waals surface area contributed by atoms with Gasteiger partial charge in [0.1, 0.15) is 5.75 Å². The Bertz CT molecular complexity index is 531. The zero-order valence-electron chi connectivity index (χ0n) is 14.5. The second-order valence-corrected chi connectivity index (χ2v) is 6.85. The number of urea groups is 1. The first kappa shape index (κ1) is 17.6. The van der Waals surface area contributed by atoms with E-state index in [1.54, 1.807) is 7.11 Å². The van der Waals surface area contributed by atoms with E-state index >= 15 is 0 Å². The molecule has 5 nitrogen and oxygen atoms in total. The molecule has 3 N–H and O–H groups in total. The van der Waals surface area contributed by atoms with Gasteiger partial charge >= 0.3 is 6.03 Å². The molecule has 1 atom stereocenters. The summed E-state index contributed by atoms with van der Waals surface area (Å²) in [5.74, 6) is 0.834. The van der Waals surface area contributed by atoms with E-state index in [0.717, 1.165) is 37.1 Å². The molecule has 128 valence electrons. The normalized spacial score (nSPS) is 18.6. The molecule has 0 spiro atoms. The van der Waals surface area contributed by atoms with Crippen molar-refractivity contribution in [2.75, 3.05) is 26.7 Å². The first-order chi connectivity index (χ1) is 11.0. The van der Waals surface area contributed by atoms with E-state index in [1.807, 2.05) is 23.1 Å². The van der Waals surface area contributed by atoms with E-state index in [0.29, 0.717) is 13.1 Å². The number of amides is 2. The molecule has 1 aliphatic heterocycles. The second-order valence-electron chi connectivity index (χ2n) is 6.85. The predicted molar refractivity (Wildman–Crippen MR) is 92.8 cm³/mol. The van der Waals surface area contributed by atoms with Crippen LogP contribution < -0.4 is 15.8 Å². The fourth-order valence-electron chi connectivity index (χ4n) is 3.06. The number of methoxy groups -OCH3 is 1. The molecule has 0 radical (unpaired) electrons. The van der Waals surface area contributed by atoms with Crippen LogP contribution in [0.5, 0.6) is 5.75 Å². The van der Waals surface area contributed by atoms with Gasteiger partial charge in [-0.3, -0.25) is 0 Å². The Morgan fingerprint density at radius 1 is 1.43 bits per heavy atom. The highest BCUT2D eigenvalue weighted by atomic mass is 16.5. The zero-order valence-corrected chi connectivity index (χ0v) is 14.5. The van der Waals surface area contributed by atoms with Crippen molar-refractivity contribution in [2.24, 2.45) is 5.73 Å². The number of nitrogens with zero attached hydrogens (tertiary/aromatic N) is 1. The van der Waals surface area contributed by atoms with Crippen molar-refractivity contribution >= 4 is 6.03 Å². The summed E-state index contributed by atoms with van der Waals surface area (Å²) in [6.45, 7) is 6.16. The molecular formula is C18H29N3O2. The molecule has 0 saturated carbocycles. The smallest absolute Gasteiger partial charge is 0.317 e. The van der Waals surface area contributed by atoms with Gasteiger partial charge in [-0.05, 0) is 37.0 Å². The summed E-state index contributed by atoms with van der Waals surface area (Å²) < 4.78 is 5.29. The minimum absolute atomic E-state index is 0.00359. The summed E-state index contributed by atoms with van der Waals surface area (Å²) in [7, 11) is 1.66. The van der Waals surface area contributed by atoms with E-state index in [-0.39, 0.29) is 17.5 Å². The van der Waals surface area contributed by atoms with Gasteiger partial charge in [-0.1, -0.05) is 26.0 Å². The van der Waals surface area contributed by atoms with E-state index in [4.69, 9.17) is 10.5 Å². The van der Waals surface area contributed by atoms with Gasteiger partial charge in [-0.15, -0.1) is 0 Å². The summed E-state index contributed by atoms with van der Waals surface area (Å²) in [4.78, 5) is 14.4. The maximum atomic E-state index is 12.5. The largest absolute Gasteiger partial charge is 0.497 e. The van der Waals surface area contributed by atoms with Crippen LogP contribution in [0.3, 0.4) is 0 Å². The van der Waals surface area contributed by atoms with Gasteiger partial charge in [0.25, 0.3) is 0 Å². The molecule has 1 fully saturated rings. The quantitative estimate of drug-likeness (QED) is 0.876. The number of nitrogens with one attached hydrogen (secondary N) is 1. The number of likely N-dealkylation sites (tertiary alicyclic amines) is 1. The van der Waals surface area contributed by atoms with Gasteiger partial charge in [-0.25, -0.2) is 4.79 Å². The highest BCUT2D eigenvalue weighted by Crippen LogP contribution is 2.26. The summed E-state index contributed by atoms with van der Waals surface area (Å²) in [6.07, 6.45) is 3.22. The maximum absolute atomic E-state index is 12.5. The SMILES string of the molecule is COc1cccc(C(C)(C)CNC(=O)N2CCCCC2CN)c1. The van der Waals surface area contributed by atoms with Gasteiger partial charge in [-0.2, -0.15) is 0 Å². The topological polar surface area (TPSA) is 67.6 Å². The van der Waals surface area contributed by atoms with Crippen LogP contribution in [-0.4, -0.2) is 43.7 Å². The summed E-state index contributed by atoms with van der Waals surface area (Å²) in [5, 5.41) is 3.08. The van der Waals surface area contributed by atoms with Crippen LogP contribution in [-0.2, 0) is 5.41 Å². The Hall–Kier alpha value is -1.75. The van der Waals surface area contributed by atoms with Crippen molar-refractivity contribution in [1.29, 1.82) is 0 Å². The molecule has 1 saturated heterocycles. The molecule has 1 aromatic rings. The lowest BCUT2D eigenvalue weighted by molar-refractivity contribution is 0.152. The third-order valence-corrected chi connectivity index (χ3v) is 4.69. The van der Waals surface area contributed by atoms with Crippen molar-refractivity contribution in [3.63, 3.8) is 0 Å². The van der Waals surface area contributed by atoms with E-state index in [2.05, 4.69) is 25.2 Å². The molecule has 0 bridgehead atoms. The van der Waals surface area contributed by atoms with Gasteiger partial charge in [0, 0.05) is 31.1 Å². The molecule has 0 aliphatic carbocycles. The lowest BCUT2D eigenvalue weighted by Gasteiger charge is -2.36. The summed E-state index contributed by atoms with van der Waals surface area (Å²) in [6, 6.07) is 8.17. The Morgan fingerprint density at radius 3 is 2.91 bits per heavy atom. The van der Waals surface area contributed by atoms with Crippen LogP contribution in [0.1, 0.15) is 38.7 Å². The average molecular weight is 319 g/mol. The van der Waals surface area contributed by atoms with Crippen LogP contribution in [0.25, 0.3) is 0 Å². The molecule has 1 aliphatic rings. The number of piperidine rings is 1. The molecule has 0 aromatic heterocycles. The van der Waals surface area contributed by atoms with Crippen LogP contribution in [0.2, 0.25) is 0 Å². The van der Waals surface area contributed by atoms with Crippen molar-refractivity contribution in [3.05, 3.63) is 29.8 Å². The van der Waals surface area contributed by atoms with Crippen LogP contribution in [0, 0.1) is 0 Å². The minimum Gasteiger partial charge on any atom is -0.497 e. The number of carbonyl (C=O) groups is 1. The van der Waals surface area contributed by atoms with E-state index in [1.165, 1.54) is 0 Å². The summed E-state index contributed by atoms with van der Waals surface area (Å²) in [5.41, 5.74) is 6.78. The van der Waals surface area contributed by atoms with Gasteiger partial charge in [0.05, 0.1) is 7.11 Å². The number of benzene rings is 1. The first-order valence-corrected chi connectivity index (χ1v) is 8.37. The molecular weight excluding hydrogens is 290 g/mol. The van der Waals surface area contributed by atoms with Crippen molar-refractivity contribution < 1.29 is 9.53 Å². The zero-order chi connectivity index (χ0) is 16.9. The number of hydrogen-bond acceptors (Lipinski definition) is 3. The lowest BCUT2D eigenvalue weighted by atomic mass is 9.84. The maximum Gasteiger partial charge on any atom is 0.317 e. The highest BCUT2D eigenvalue weighted by molar-refractivity contribution is 5.74. The highest BCUT2D eigenvalue weighted by Gasteiger charge is 2.28. The van der Waals surface area contributed by atoms with Crippen LogP contribution in [0.15, 0.2) is 24.3 Å². The third-order valence-electron chi connectivity index (χ3n) is 4.69. The Labute approximate surface area is 139 Å². The van der Waals surface area contributed by atoms with Crippen molar-refractivity contribution in [3.8, 4) is 5.75 Å². The monoisotopic (exact) mass is 319 g/mol.